The molecule has 1 aliphatic carbocycles. The van der Waals surface area contributed by atoms with Crippen LogP contribution in [0.3, 0.4) is 0 Å². The van der Waals surface area contributed by atoms with Gasteiger partial charge >= 0.3 is 0 Å². The summed E-state index contributed by atoms with van der Waals surface area (Å²) in [5.41, 5.74) is 1.76. The molecular weight excluding hydrogens is 182 g/mol. The molecule has 0 atom stereocenters. The van der Waals surface area contributed by atoms with Crippen LogP contribution in [0.15, 0.2) is 4.63 Å². The van der Waals surface area contributed by atoms with E-state index in [2.05, 4.69) is 20.3 Å². The van der Waals surface area contributed by atoms with E-state index in [1.165, 1.54) is 0 Å². The zero-order valence-corrected chi connectivity index (χ0v) is 8.49. The maximum atomic E-state index is 5.19. The summed E-state index contributed by atoms with van der Waals surface area (Å²) in [4.78, 5) is 0. The average Bonchev–Trinajstić information content (AvgIpc) is 2.49. The van der Waals surface area contributed by atoms with Gasteiger partial charge in [0.1, 0.15) is 11.4 Å². The van der Waals surface area contributed by atoms with Gasteiger partial charge in [-0.15, -0.1) is 0 Å². The van der Waals surface area contributed by atoms with Crippen molar-refractivity contribution in [3.63, 3.8) is 0 Å². The van der Waals surface area contributed by atoms with Crippen molar-refractivity contribution in [1.29, 1.82) is 0 Å². The standard InChI is InChI=1S/C9H15N3O2/c1-6-9(12-14-11-6)5-10-7-3-8(4-7)13-2/h7-8,10H,3-5H2,1-2H3. The van der Waals surface area contributed by atoms with Crippen LogP contribution in [0.1, 0.15) is 24.2 Å². The highest BCUT2D eigenvalue weighted by atomic mass is 16.6. The molecule has 1 aromatic heterocycles. The van der Waals surface area contributed by atoms with Crippen molar-refractivity contribution < 1.29 is 9.37 Å². The van der Waals surface area contributed by atoms with Gasteiger partial charge in [0.2, 0.25) is 0 Å². The van der Waals surface area contributed by atoms with Crippen molar-refractivity contribution in [1.82, 2.24) is 15.6 Å². The van der Waals surface area contributed by atoms with E-state index in [1.807, 2.05) is 6.92 Å². The van der Waals surface area contributed by atoms with E-state index < -0.39 is 0 Å². The molecule has 0 radical (unpaired) electrons. The van der Waals surface area contributed by atoms with Crippen molar-refractivity contribution in [2.24, 2.45) is 0 Å². The lowest BCUT2D eigenvalue weighted by Gasteiger charge is -2.34. The highest BCUT2D eigenvalue weighted by Crippen LogP contribution is 2.22. The normalized spacial score (nSPS) is 26.1. The van der Waals surface area contributed by atoms with Gasteiger partial charge in [0.15, 0.2) is 0 Å². The van der Waals surface area contributed by atoms with Crippen molar-refractivity contribution >= 4 is 0 Å². The summed E-state index contributed by atoms with van der Waals surface area (Å²) in [6, 6.07) is 0.552. The summed E-state index contributed by atoms with van der Waals surface area (Å²) >= 11 is 0. The van der Waals surface area contributed by atoms with Crippen LogP contribution in [0.25, 0.3) is 0 Å². The first-order chi connectivity index (χ1) is 6.79. The minimum Gasteiger partial charge on any atom is -0.381 e. The molecule has 0 bridgehead atoms. The second-order valence-electron chi connectivity index (χ2n) is 3.70. The Morgan fingerprint density at radius 2 is 2.29 bits per heavy atom. The third-order valence-corrected chi connectivity index (χ3v) is 2.73. The van der Waals surface area contributed by atoms with Crippen LogP contribution in [0.5, 0.6) is 0 Å². The van der Waals surface area contributed by atoms with Gasteiger partial charge < -0.3 is 10.1 Å². The molecule has 1 saturated carbocycles. The molecule has 0 spiro atoms. The first kappa shape index (κ1) is 9.61. The Morgan fingerprint density at radius 3 is 2.86 bits per heavy atom. The third kappa shape index (κ3) is 1.93. The maximum Gasteiger partial charge on any atom is 0.121 e. The van der Waals surface area contributed by atoms with Crippen LogP contribution >= 0.6 is 0 Å². The second kappa shape index (κ2) is 4.06. The van der Waals surface area contributed by atoms with Crippen LogP contribution < -0.4 is 5.32 Å². The maximum absolute atomic E-state index is 5.19. The number of hydrogen-bond donors (Lipinski definition) is 1. The van der Waals surface area contributed by atoms with Gasteiger partial charge in [-0.25, -0.2) is 4.63 Å². The van der Waals surface area contributed by atoms with E-state index >= 15 is 0 Å². The van der Waals surface area contributed by atoms with Crippen LogP contribution in [0, 0.1) is 6.92 Å². The van der Waals surface area contributed by atoms with Crippen LogP contribution in [0.4, 0.5) is 0 Å². The summed E-state index contributed by atoms with van der Waals surface area (Å²) in [5, 5.41) is 10.9. The number of rotatable bonds is 4. The molecule has 5 nitrogen and oxygen atoms in total. The van der Waals surface area contributed by atoms with E-state index in [1.54, 1.807) is 7.11 Å². The third-order valence-electron chi connectivity index (χ3n) is 2.73. The predicted octanol–water partition coefficient (Wildman–Crippen LogP) is 0.645. The fourth-order valence-electron chi connectivity index (χ4n) is 1.58. The van der Waals surface area contributed by atoms with E-state index in [-0.39, 0.29) is 0 Å². The number of nitrogens with zero attached hydrogens (tertiary/aromatic N) is 2. The molecule has 1 aliphatic rings. The minimum atomic E-state index is 0.434. The fraction of sp³-hybridized carbons (Fsp3) is 0.778. The Kier molecular flexibility index (Phi) is 2.79. The summed E-state index contributed by atoms with van der Waals surface area (Å²) in [5.74, 6) is 0. The summed E-state index contributed by atoms with van der Waals surface area (Å²) in [6.45, 7) is 2.63. The number of aryl methyl sites for hydroxylation is 1. The van der Waals surface area contributed by atoms with Crippen LogP contribution in [-0.4, -0.2) is 29.6 Å². The fourth-order valence-corrected chi connectivity index (χ4v) is 1.58. The van der Waals surface area contributed by atoms with E-state index in [4.69, 9.17) is 4.74 Å². The van der Waals surface area contributed by atoms with Gasteiger partial charge in [0.05, 0.1) is 6.10 Å². The molecule has 1 aromatic rings. The smallest absolute Gasteiger partial charge is 0.121 e. The van der Waals surface area contributed by atoms with Crippen molar-refractivity contribution in [3.8, 4) is 0 Å². The highest BCUT2D eigenvalue weighted by Gasteiger charge is 2.28. The Labute approximate surface area is 82.8 Å². The van der Waals surface area contributed by atoms with E-state index in [0.717, 1.165) is 30.8 Å². The lowest BCUT2D eigenvalue weighted by atomic mass is 9.89. The molecule has 78 valence electrons. The SMILES string of the molecule is COC1CC(NCc2nonc2C)C1. The van der Waals surface area contributed by atoms with Gasteiger partial charge in [0.25, 0.3) is 0 Å². The molecule has 1 fully saturated rings. The van der Waals surface area contributed by atoms with Crippen LogP contribution in [-0.2, 0) is 11.3 Å². The van der Waals surface area contributed by atoms with Gasteiger partial charge in [-0.2, -0.15) is 0 Å². The van der Waals surface area contributed by atoms with Gasteiger partial charge in [-0.3, -0.25) is 0 Å². The largest absolute Gasteiger partial charge is 0.381 e. The van der Waals surface area contributed by atoms with E-state index in [0.29, 0.717) is 12.1 Å². The lowest BCUT2D eigenvalue weighted by Crippen LogP contribution is -2.44. The number of methoxy groups -OCH3 is 1. The molecule has 14 heavy (non-hydrogen) atoms. The second-order valence-corrected chi connectivity index (χ2v) is 3.70. The molecule has 0 aromatic carbocycles. The zero-order chi connectivity index (χ0) is 9.97. The first-order valence-electron chi connectivity index (χ1n) is 4.84. The quantitative estimate of drug-likeness (QED) is 0.767. The number of hydrogen-bond acceptors (Lipinski definition) is 5. The molecule has 5 heteroatoms. The Hall–Kier alpha value is -0.940. The highest BCUT2D eigenvalue weighted by molar-refractivity contribution is 5.04. The predicted molar refractivity (Wildman–Crippen MR) is 49.7 cm³/mol. The molecule has 0 unspecified atom stereocenters. The Bertz CT molecular complexity index is 294. The lowest BCUT2D eigenvalue weighted by molar-refractivity contribution is 0.0168. The van der Waals surface area contributed by atoms with Crippen molar-refractivity contribution in [2.45, 2.75) is 38.5 Å². The summed E-state index contributed by atoms with van der Waals surface area (Å²) in [7, 11) is 1.76. The number of ether oxygens (including phenoxy) is 1. The average molecular weight is 197 g/mol. The van der Waals surface area contributed by atoms with E-state index in [9.17, 15) is 0 Å². The molecule has 2 rings (SSSR count). The van der Waals surface area contributed by atoms with Gasteiger partial charge in [0, 0.05) is 19.7 Å². The Balaban J connectivity index is 1.72. The molecular formula is C9H15N3O2. The van der Waals surface area contributed by atoms with Gasteiger partial charge in [-0.1, -0.05) is 10.3 Å². The molecule has 1 heterocycles. The summed E-state index contributed by atoms with van der Waals surface area (Å²) in [6.07, 6.45) is 2.60. The summed E-state index contributed by atoms with van der Waals surface area (Å²) < 4.78 is 9.80. The molecule has 0 amide bonds. The first-order valence-corrected chi connectivity index (χ1v) is 4.84. The van der Waals surface area contributed by atoms with Crippen LogP contribution in [0.2, 0.25) is 0 Å². The van der Waals surface area contributed by atoms with Crippen molar-refractivity contribution in [2.75, 3.05) is 7.11 Å². The van der Waals surface area contributed by atoms with Gasteiger partial charge in [-0.05, 0) is 19.8 Å². The van der Waals surface area contributed by atoms with Crippen molar-refractivity contribution in [3.05, 3.63) is 11.4 Å². The minimum absolute atomic E-state index is 0.434. The molecule has 0 saturated heterocycles. The molecule has 0 aliphatic heterocycles. The number of aromatic nitrogens is 2. The zero-order valence-electron chi connectivity index (χ0n) is 8.49. The topological polar surface area (TPSA) is 60.2 Å². The molecule has 1 N–H and O–H groups in total. The Morgan fingerprint density at radius 1 is 1.50 bits per heavy atom. The number of nitrogens with one attached hydrogen (secondary N) is 1. The monoisotopic (exact) mass is 197 g/mol.